The van der Waals surface area contributed by atoms with Gasteiger partial charge in [-0.3, -0.25) is 0 Å². The van der Waals surface area contributed by atoms with Gasteiger partial charge in [0.1, 0.15) is 0 Å². The van der Waals surface area contributed by atoms with Gasteiger partial charge in [-0.2, -0.15) is 13.2 Å². The number of hydrogen-bond donors (Lipinski definition) is 0. The second-order valence-corrected chi connectivity index (χ2v) is 3.20. The molecule has 1 aromatic rings. The van der Waals surface area contributed by atoms with Crippen molar-refractivity contribution in [2.45, 2.75) is 13.1 Å². The highest BCUT2D eigenvalue weighted by Crippen LogP contribution is 2.32. The predicted octanol–water partition coefficient (Wildman–Crippen LogP) is 2.93. The number of alkyl halides is 3. The number of aromatic nitrogens is 1. The minimum absolute atomic E-state index is 0.0273. The number of ether oxygens (including phenoxy) is 1. The number of pyridine rings is 1. The molecule has 0 aliphatic heterocycles. The van der Waals surface area contributed by atoms with E-state index in [4.69, 9.17) is 11.6 Å². The molecule has 0 atom stereocenters. The quantitative estimate of drug-likeness (QED) is 0.761. The Morgan fingerprint density at radius 3 is 2.69 bits per heavy atom. The van der Waals surface area contributed by atoms with Crippen molar-refractivity contribution < 1.29 is 22.7 Å². The van der Waals surface area contributed by atoms with Crippen LogP contribution in [0.25, 0.3) is 0 Å². The lowest BCUT2D eigenvalue weighted by Crippen LogP contribution is -2.17. The second-order valence-electron chi connectivity index (χ2n) is 2.77. The summed E-state index contributed by atoms with van der Waals surface area (Å²) in [7, 11) is 0. The molecule has 0 bridgehead atoms. The molecule has 0 spiro atoms. The first-order chi connectivity index (χ1) is 7.36. The largest absolute Gasteiger partial charge is 0.461 e. The molecule has 1 heterocycles. The SMILES string of the molecule is CCOC(=O)c1ncc(Cl)cc1C(F)(F)F. The molecule has 88 valence electrons. The highest BCUT2D eigenvalue weighted by molar-refractivity contribution is 6.30. The highest BCUT2D eigenvalue weighted by atomic mass is 35.5. The standard InChI is InChI=1S/C9H7ClF3NO2/c1-2-16-8(15)7-6(9(11,12)13)3-5(10)4-14-7/h3-4H,2H2,1H3. The van der Waals surface area contributed by atoms with E-state index in [1.54, 1.807) is 0 Å². The molecule has 0 N–H and O–H groups in total. The van der Waals surface area contributed by atoms with Crippen LogP contribution < -0.4 is 0 Å². The molecule has 16 heavy (non-hydrogen) atoms. The molecular formula is C9H7ClF3NO2. The van der Waals surface area contributed by atoms with Crippen molar-refractivity contribution in [3.8, 4) is 0 Å². The Morgan fingerprint density at radius 1 is 1.56 bits per heavy atom. The molecule has 0 radical (unpaired) electrons. The van der Waals surface area contributed by atoms with Crippen LogP contribution in [0.15, 0.2) is 12.3 Å². The van der Waals surface area contributed by atoms with Crippen LogP contribution in [0, 0.1) is 0 Å². The molecule has 1 aromatic heterocycles. The van der Waals surface area contributed by atoms with E-state index in [1.165, 1.54) is 6.92 Å². The van der Waals surface area contributed by atoms with Crippen molar-refractivity contribution in [2.75, 3.05) is 6.61 Å². The summed E-state index contributed by atoms with van der Waals surface area (Å²) in [6.07, 6.45) is -3.73. The molecule has 0 amide bonds. The molecule has 0 aromatic carbocycles. The molecule has 0 fully saturated rings. The van der Waals surface area contributed by atoms with E-state index in [-0.39, 0.29) is 11.6 Å². The van der Waals surface area contributed by atoms with E-state index in [0.717, 1.165) is 6.20 Å². The maximum atomic E-state index is 12.5. The van der Waals surface area contributed by atoms with Crippen LogP contribution in [-0.4, -0.2) is 17.6 Å². The first-order valence-electron chi connectivity index (χ1n) is 4.26. The molecule has 1 rings (SSSR count). The molecule has 0 aliphatic carbocycles. The fourth-order valence-electron chi connectivity index (χ4n) is 1.02. The summed E-state index contributed by atoms with van der Waals surface area (Å²) in [6, 6.07) is 0.640. The average Bonchev–Trinajstić information content (AvgIpc) is 2.16. The summed E-state index contributed by atoms with van der Waals surface area (Å²) in [6.45, 7) is 1.46. The molecular weight excluding hydrogens is 247 g/mol. The van der Waals surface area contributed by atoms with Gasteiger partial charge in [-0.15, -0.1) is 0 Å². The third-order valence-electron chi connectivity index (χ3n) is 1.63. The van der Waals surface area contributed by atoms with E-state index >= 15 is 0 Å². The lowest BCUT2D eigenvalue weighted by Gasteiger charge is -2.10. The maximum Gasteiger partial charge on any atom is 0.418 e. The van der Waals surface area contributed by atoms with Gasteiger partial charge in [-0.25, -0.2) is 9.78 Å². The average molecular weight is 254 g/mol. The Kier molecular flexibility index (Phi) is 3.74. The molecule has 0 aliphatic rings. The topological polar surface area (TPSA) is 39.2 Å². The number of carbonyl (C=O) groups excluding carboxylic acids is 1. The van der Waals surface area contributed by atoms with Crippen LogP contribution in [0.3, 0.4) is 0 Å². The first kappa shape index (κ1) is 12.8. The van der Waals surface area contributed by atoms with E-state index in [0.29, 0.717) is 6.07 Å². The zero-order valence-corrected chi connectivity index (χ0v) is 8.89. The fraction of sp³-hybridized carbons (Fsp3) is 0.333. The zero-order chi connectivity index (χ0) is 12.3. The summed E-state index contributed by atoms with van der Waals surface area (Å²) in [5, 5.41) is -0.194. The molecule has 0 unspecified atom stereocenters. The summed E-state index contributed by atoms with van der Waals surface area (Å²) in [5.41, 5.74) is -1.97. The van der Waals surface area contributed by atoms with E-state index in [1.807, 2.05) is 0 Å². The van der Waals surface area contributed by atoms with Gasteiger partial charge in [0.25, 0.3) is 0 Å². The van der Waals surface area contributed by atoms with Gasteiger partial charge in [0.15, 0.2) is 5.69 Å². The van der Waals surface area contributed by atoms with E-state index in [2.05, 4.69) is 9.72 Å². The van der Waals surface area contributed by atoms with Gasteiger partial charge >= 0.3 is 12.1 Å². The van der Waals surface area contributed by atoms with Crippen molar-refractivity contribution in [1.82, 2.24) is 4.98 Å². The summed E-state index contributed by atoms with van der Waals surface area (Å²) >= 11 is 5.39. The monoisotopic (exact) mass is 253 g/mol. The van der Waals surface area contributed by atoms with Gasteiger partial charge < -0.3 is 4.74 Å². The number of esters is 1. The fourth-order valence-corrected chi connectivity index (χ4v) is 1.18. The number of halogens is 4. The van der Waals surface area contributed by atoms with Crippen molar-refractivity contribution in [3.63, 3.8) is 0 Å². The Labute approximate surface area is 94.2 Å². The maximum absolute atomic E-state index is 12.5. The smallest absolute Gasteiger partial charge is 0.418 e. The van der Waals surface area contributed by atoms with Crippen molar-refractivity contribution in [1.29, 1.82) is 0 Å². The van der Waals surface area contributed by atoms with Crippen molar-refractivity contribution >= 4 is 17.6 Å². The Morgan fingerprint density at radius 2 is 2.19 bits per heavy atom. The van der Waals surface area contributed by atoms with Gasteiger partial charge in [0.05, 0.1) is 17.2 Å². The van der Waals surface area contributed by atoms with Gasteiger partial charge in [-0.05, 0) is 13.0 Å². The first-order valence-corrected chi connectivity index (χ1v) is 4.64. The van der Waals surface area contributed by atoms with Crippen LogP contribution in [0.1, 0.15) is 23.0 Å². The van der Waals surface area contributed by atoms with E-state index in [9.17, 15) is 18.0 Å². The van der Waals surface area contributed by atoms with Gasteiger partial charge in [-0.1, -0.05) is 11.6 Å². The minimum Gasteiger partial charge on any atom is -0.461 e. The molecule has 3 nitrogen and oxygen atoms in total. The summed E-state index contributed by atoms with van der Waals surface area (Å²) < 4.78 is 42.0. The third kappa shape index (κ3) is 2.85. The van der Waals surface area contributed by atoms with Gasteiger partial charge in [0.2, 0.25) is 0 Å². The van der Waals surface area contributed by atoms with Gasteiger partial charge in [0, 0.05) is 6.20 Å². The minimum atomic E-state index is -4.69. The van der Waals surface area contributed by atoms with Crippen LogP contribution in [-0.2, 0) is 10.9 Å². The molecule has 0 saturated carbocycles. The molecule has 0 saturated heterocycles. The van der Waals surface area contributed by atoms with Crippen molar-refractivity contribution in [2.24, 2.45) is 0 Å². The number of hydrogen-bond acceptors (Lipinski definition) is 3. The lowest BCUT2D eigenvalue weighted by atomic mass is 10.2. The number of rotatable bonds is 2. The third-order valence-corrected chi connectivity index (χ3v) is 1.84. The van der Waals surface area contributed by atoms with Crippen LogP contribution in [0.5, 0.6) is 0 Å². The zero-order valence-electron chi connectivity index (χ0n) is 8.14. The van der Waals surface area contributed by atoms with E-state index < -0.39 is 23.4 Å². The normalized spacial score (nSPS) is 11.3. The Bertz CT molecular complexity index is 406. The van der Waals surface area contributed by atoms with Crippen LogP contribution in [0.2, 0.25) is 5.02 Å². The molecule has 7 heteroatoms. The van der Waals surface area contributed by atoms with Crippen LogP contribution >= 0.6 is 11.6 Å². The number of carbonyl (C=O) groups is 1. The Balaban J connectivity index is 3.23. The van der Waals surface area contributed by atoms with Crippen molar-refractivity contribution in [3.05, 3.63) is 28.5 Å². The predicted molar refractivity (Wildman–Crippen MR) is 50.2 cm³/mol. The lowest BCUT2D eigenvalue weighted by molar-refractivity contribution is -0.138. The van der Waals surface area contributed by atoms with Crippen LogP contribution in [0.4, 0.5) is 13.2 Å². The summed E-state index contributed by atoms with van der Waals surface area (Å²) in [5.74, 6) is -1.12. The highest BCUT2D eigenvalue weighted by Gasteiger charge is 2.37. The summed E-state index contributed by atoms with van der Waals surface area (Å²) in [4.78, 5) is 14.5. The number of nitrogens with zero attached hydrogens (tertiary/aromatic N) is 1. The second kappa shape index (κ2) is 4.69. The Hall–Kier alpha value is -1.30.